The van der Waals surface area contributed by atoms with Crippen molar-refractivity contribution in [1.82, 2.24) is 19.8 Å². The maximum absolute atomic E-state index is 12.7. The first-order valence-corrected chi connectivity index (χ1v) is 9.57. The maximum atomic E-state index is 12.7. The number of hydrogen-bond acceptors (Lipinski definition) is 5. The predicted molar refractivity (Wildman–Crippen MR) is 108 cm³/mol. The van der Waals surface area contributed by atoms with E-state index >= 15 is 0 Å². The molecular formula is C21H29N5O. The Morgan fingerprint density at radius 2 is 2.04 bits per heavy atom. The van der Waals surface area contributed by atoms with E-state index in [0.717, 1.165) is 43.9 Å². The van der Waals surface area contributed by atoms with E-state index in [-0.39, 0.29) is 11.9 Å². The predicted octanol–water partition coefficient (Wildman–Crippen LogP) is 2.60. The van der Waals surface area contributed by atoms with Gasteiger partial charge in [0, 0.05) is 58.1 Å². The fourth-order valence-corrected chi connectivity index (χ4v) is 3.35. The smallest absolute Gasteiger partial charge is 0.257 e. The second kappa shape index (κ2) is 8.48. The van der Waals surface area contributed by atoms with Gasteiger partial charge >= 0.3 is 0 Å². The lowest BCUT2D eigenvalue weighted by Gasteiger charge is -2.19. The Labute approximate surface area is 161 Å². The van der Waals surface area contributed by atoms with Crippen molar-refractivity contribution in [3.8, 4) is 0 Å². The van der Waals surface area contributed by atoms with Crippen molar-refractivity contribution in [2.45, 2.75) is 39.3 Å². The molecule has 0 radical (unpaired) electrons. The minimum Gasteiger partial charge on any atom is -0.367 e. The molecule has 1 aliphatic heterocycles. The number of anilines is 1. The summed E-state index contributed by atoms with van der Waals surface area (Å²) in [5.41, 5.74) is 4.02. The molecule has 6 nitrogen and oxygen atoms in total. The fourth-order valence-electron chi connectivity index (χ4n) is 3.35. The number of carbonyl (C=O) groups is 1. The molecule has 144 valence electrons. The summed E-state index contributed by atoms with van der Waals surface area (Å²) in [4.78, 5) is 26.0. The number of nitrogens with one attached hydrogen (secondary N) is 1. The number of carbonyl (C=O) groups excluding carboxylic acids is 1. The molecule has 0 saturated heterocycles. The van der Waals surface area contributed by atoms with E-state index in [1.165, 1.54) is 5.56 Å². The van der Waals surface area contributed by atoms with Gasteiger partial charge in [-0.25, -0.2) is 4.98 Å². The van der Waals surface area contributed by atoms with Crippen LogP contribution >= 0.6 is 0 Å². The Kier molecular flexibility index (Phi) is 6.06. The average Bonchev–Trinajstić information content (AvgIpc) is 2.83. The minimum atomic E-state index is -0.0111. The Hall–Kier alpha value is -2.47. The SMILES string of the molecule is CC(C)Nc1nc2c(cc1C(=O)N(C)C)CCN(Cc1ccccn1)CC2. The first kappa shape index (κ1) is 19.3. The number of amides is 1. The third kappa shape index (κ3) is 4.83. The van der Waals surface area contributed by atoms with E-state index in [1.54, 1.807) is 19.0 Å². The molecule has 2 aromatic heterocycles. The number of rotatable bonds is 5. The van der Waals surface area contributed by atoms with Crippen LogP contribution in [0.1, 0.15) is 41.2 Å². The molecule has 0 bridgehead atoms. The van der Waals surface area contributed by atoms with E-state index in [4.69, 9.17) is 4.98 Å². The number of fused-ring (bicyclic) bond motifs is 1. The monoisotopic (exact) mass is 367 g/mol. The van der Waals surface area contributed by atoms with E-state index in [9.17, 15) is 4.79 Å². The molecule has 0 aromatic carbocycles. The van der Waals surface area contributed by atoms with Crippen molar-refractivity contribution in [3.05, 3.63) is 53.0 Å². The summed E-state index contributed by atoms with van der Waals surface area (Å²) in [5.74, 6) is 0.684. The topological polar surface area (TPSA) is 61.4 Å². The summed E-state index contributed by atoms with van der Waals surface area (Å²) in [6.07, 6.45) is 3.61. The fraction of sp³-hybridized carbons (Fsp3) is 0.476. The molecule has 0 unspecified atom stereocenters. The normalized spacial score (nSPS) is 14.6. The van der Waals surface area contributed by atoms with Gasteiger partial charge < -0.3 is 10.2 Å². The lowest BCUT2D eigenvalue weighted by atomic mass is 10.0. The third-order valence-corrected chi connectivity index (χ3v) is 4.73. The zero-order chi connectivity index (χ0) is 19.4. The molecule has 1 aliphatic rings. The highest BCUT2D eigenvalue weighted by atomic mass is 16.2. The molecular weight excluding hydrogens is 338 g/mol. The summed E-state index contributed by atoms with van der Waals surface area (Å²) in [5, 5.41) is 3.35. The molecule has 0 spiro atoms. The van der Waals surface area contributed by atoms with E-state index in [2.05, 4.69) is 35.1 Å². The van der Waals surface area contributed by atoms with Gasteiger partial charge in [-0.3, -0.25) is 14.7 Å². The Bertz CT molecular complexity index is 789. The minimum absolute atomic E-state index is 0.0111. The van der Waals surface area contributed by atoms with Gasteiger partial charge in [0.1, 0.15) is 5.82 Å². The largest absolute Gasteiger partial charge is 0.367 e. The maximum Gasteiger partial charge on any atom is 0.257 e. The first-order valence-electron chi connectivity index (χ1n) is 9.57. The molecule has 1 amide bonds. The molecule has 0 saturated carbocycles. The Morgan fingerprint density at radius 1 is 1.26 bits per heavy atom. The summed E-state index contributed by atoms with van der Waals surface area (Å²) in [7, 11) is 3.56. The molecule has 3 heterocycles. The van der Waals surface area contributed by atoms with Crippen molar-refractivity contribution >= 4 is 11.7 Å². The third-order valence-electron chi connectivity index (χ3n) is 4.73. The lowest BCUT2D eigenvalue weighted by molar-refractivity contribution is 0.0828. The molecule has 3 rings (SSSR count). The van der Waals surface area contributed by atoms with Crippen LogP contribution in [0.25, 0.3) is 0 Å². The highest BCUT2D eigenvalue weighted by Gasteiger charge is 2.22. The highest BCUT2D eigenvalue weighted by molar-refractivity contribution is 5.98. The molecule has 0 fully saturated rings. The Morgan fingerprint density at radius 3 is 2.70 bits per heavy atom. The van der Waals surface area contributed by atoms with Crippen LogP contribution in [-0.2, 0) is 19.4 Å². The molecule has 0 aliphatic carbocycles. The molecule has 0 atom stereocenters. The molecule has 2 aromatic rings. The second-order valence-corrected chi connectivity index (χ2v) is 7.59. The van der Waals surface area contributed by atoms with Crippen molar-refractivity contribution in [2.24, 2.45) is 0 Å². The van der Waals surface area contributed by atoms with Crippen molar-refractivity contribution in [3.63, 3.8) is 0 Å². The molecule has 6 heteroatoms. The second-order valence-electron chi connectivity index (χ2n) is 7.59. The zero-order valence-corrected chi connectivity index (χ0v) is 16.7. The van der Waals surface area contributed by atoms with Crippen LogP contribution in [0.3, 0.4) is 0 Å². The number of aromatic nitrogens is 2. The number of nitrogens with zero attached hydrogens (tertiary/aromatic N) is 4. The summed E-state index contributed by atoms with van der Waals surface area (Å²) in [6.45, 7) is 6.85. The van der Waals surface area contributed by atoms with Gasteiger partial charge in [0.05, 0.1) is 11.3 Å². The van der Waals surface area contributed by atoms with Gasteiger partial charge in [0.2, 0.25) is 0 Å². The standard InChI is InChI=1S/C21H29N5O/c1-15(2)23-20-18(21(27)25(3)4)13-16-8-11-26(12-9-19(16)24-20)14-17-7-5-6-10-22-17/h5-7,10,13,15H,8-9,11-12,14H2,1-4H3,(H,23,24). The Balaban J connectivity index is 1.83. The van der Waals surface area contributed by atoms with Crippen LogP contribution in [0.15, 0.2) is 30.5 Å². The van der Waals surface area contributed by atoms with Crippen LogP contribution in [-0.4, -0.2) is 58.9 Å². The molecule has 1 N–H and O–H groups in total. The van der Waals surface area contributed by atoms with Gasteiger partial charge in [0.25, 0.3) is 5.91 Å². The van der Waals surface area contributed by atoms with Crippen LogP contribution in [0.2, 0.25) is 0 Å². The van der Waals surface area contributed by atoms with Crippen LogP contribution in [0.5, 0.6) is 0 Å². The number of hydrogen-bond donors (Lipinski definition) is 1. The summed E-state index contributed by atoms with van der Waals surface area (Å²) in [6, 6.07) is 8.29. The van der Waals surface area contributed by atoms with Crippen LogP contribution in [0.4, 0.5) is 5.82 Å². The average molecular weight is 367 g/mol. The number of pyridine rings is 2. The van der Waals surface area contributed by atoms with Gasteiger partial charge in [-0.15, -0.1) is 0 Å². The van der Waals surface area contributed by atoms with E-state index in [1.807, 2.05) is 24.4 Å². The van der Waals surface area contributed by atoms with Gasteiger partial charge in [-0.1, -0.05) is 6.07 Å². The first-order chi connectivity index (χ1) is 12.9. The van der Waals surface area contributed by atoms with Crippen molar-refractivity contribution in [1.29, 1.82) is 0 Å². The summed E-state index contributed by atoms with van der Waals surface area (Å²) < 4.78 is 0. The molecule has 27 heavy (non-hydrogen) atoms. The van der Waals surface area contributed by atoms with Gasteiger partial charge in [0.15, 0.2) is 0 Å². The summed E-state index contributed by atoms with van der Waals surface area (Å²) >= 11 is 0. The van der Waals surface area contributed by atoms with E-state index in [0.29, 0.717) is 11.4 Å². The van der Waals surface area contributed by atoms with Crippen LogP contribution in [0, 0.1) is 0 Å². The van der Waals surface area contributed by atoms with Crippen molar-refractivity contribution in [2.75, 3.05) is 32.5 Å². The van der Waals surface area contributed by atoms with Gasteiger partial charge in [-0.05, 0) is 44.0 Å². The quantitative estimate of drug-likeness (QED) is 0.880. The van der Waals surface area contributed by atoms with E-state index < -0.39 is 0 Å². The highest BCUT2D eigenvalue weighted by Crippen LogP contribution is 2.23. The van der Waals surface area contributed by atoms with Crippen molar-refractivity contribution < 1.29 is 4.79 Å². The zero-order valence-electron chi connectivity index (χ0n) is 16.7. The van der Waals surface area contributed by atoms with Gasteiger partial charge in [-0.2, -0.15) is 0 Å². The lowest BCUT2D eigenvalue weighted by Crippen LogP contribution is -2.26. The van der Waals surface area contributed by atoms with Crippen LogP contribution < -0.4 is 5.32 Å².